The van der Waals surface area contributed by atoms with E-state index in [1.807, 2.05) is 12.3 Å². The van der Waals surface area contributed by atoms with E-state index in [1.54, 1.807) is 12.2 Å². The quantitative estimate of drug-likeness (QED) is 0.699. The van der Waals surface area contributed by atoms with E-state index in [4.69, 9.17) is 4.65 Å². The molecule has 1 saturated carbocycles. The van der Waals surface area contributed by atoms with Crippen LogP contribution in [0.5, 0.6) is 5.75 Å². The predicted molar refractivity (Wildman–Crippen MR) is 80.6 cm³/mol. The van der Waals surface area contributed by atoms with Gasteiger partial charge in [-0.05, 0) is 49.2 Å². The van der Waals surface area contributed by atoms with Crippen LogP contribution in [0, 0.1) is 5.92 Å². The summed E-state index contributed by atoms with van der Waals surface area (Å²) in [6, 6.07) is 1.99. The zero-order chi connectivity index (χ0) is 14.4. The van der Waals surface area contributed by atoms with Gasteiger partial charge in [0.25, 0.3) is 0 Å². The number of aromatic amines is 1. The number of nitrogens with zero attached hydrogens (tertiary/aromatic N) is 1. The Morgan fingerprint density at radius 2 is 2.10 bits per heavy atom. The van der Waals surface area contributed by atoms with Crippen LogP contribution in [0.3, 0.4) is 0 Å². The fraction of sp³-hybridized carbons (Fsp3) is 0.400. The first-order chi connectivity index (χ1) is 10.2. The van der Waals surface area contributed by atoms with Crippen LogP contribution >= 0.6 is 0 Å². The van der Waals surface area contributed by atoms with Crippen LogP contribution < -0.4 is 4.65 Å². The lowest BCUT2D eigenvalue weighted by Crippen LogP contribution is -2.27. The van der Waals surface area contributed by atoms with Crippen molar-refractivity contribution >= 4 is 23.7 Å². The molecule has 1 aliphatic heterocycles. The fourth-order valence-corrected chi connectivity index (χ4v) is 3.50. The minimum absolute atomic E-state index is 0.184. The Balaban J connectivity index is 1.82. The van der Waals surface area contributed by atoms with E-state index in [0.717, 1.165) is 47.9 Å². The van der Waals surface area contributed by atoms with Crippen LogP contribution in [0.15, 0.2) is 24.4 Å². The van der Waals surface area contributed by atoms with Gasteiger partial charge in [-0.3, -0.25) is 0 Å². The Bertz CT molecular complexity index is 704. The highest BCUT2D eigenvalue weighted by molar-refractivity contribution is 6.52. The predicted octanol–water partition coefficient (Wildman–Crippen LogP) is 1.91. The van der Waals surface area contributed by atoms with Gasteiger partial charge in [-0.25, -0.2) is 4.98 Å². The maximum absolute atomic E-state index is 9.95. The number of pyridine rings is 1. The van der Waals surface area contributed by atoms with E-state index in [1.165, 1.54) is 0 Å². The lowest BCUT2D eigenvalue weighted by atomic mass is 9.72. The molecule has 0 spiro atoms. The summed E-state index contributed by atoms with van der Waals surface area (Å²) in [6.07, 6.45) is 6.86. The Morgan fingerprint density at radius 3 is 2.90 bits per heavy atom. The molecule has 6 heteroatoms. The summed E-state index contributed by atoms with van der Waals surface area (Å²) < 4.78 is 5.50. The van der Waals surface area contributed by atoms with Gasteiger partial charge in [0.1, 0.15) is 11.4 Å². The third-order valence-electron chi connectivity index (χ3n) is 4.55. The van der Waals surface area contributed by atoms with E-state index in [2.05, 4.69) is 9.97 Å². The molecule has 2 aromatic rings. The van der Waals surface area contributed by atoms with Gasteiger partial charge < -0.3 is 19.8 Å². The Kier molecular flexibility index (Phi) is 3.01. The van der Waals surface area contributed by atoms with E-state index >= 15 is 0 Å². The molecule has 1 fully saturated rings. The van der Waals surface area contributed by atoms with E-state index < -0.39 is 7.12 Å². The molecule has 2 aliphatic rings. The first-order valence-corrected chi connectivity index (χ1v) is 7.43. The molecular formula is C15H17BN2O3. The van der Waals surface area contributed by atoms with Crippen molar-refractivity contribution in [2.45, 2.75) is 31.8 Å². The Hall–Kier alpha value is -1.79. The second kappa shape index (κ2) is 4.89. The molecule has 0 bridgehead atoms. The number of H-pyrrole nitrogens is 1. The molecule has 1 aliphatic carbocycles. The summed E-state index contributed by atoms with van der Waals surface area (Å²) >= 11 is 0. The molecule has 108 valence electrons. The molecule has 3 N–H and O–H groups in total. The number of aliphatic hydroxyl groups is 1. The number of rotatable bonds is 1. The van der Waals surface area contributed by atoms with Crippen molar-refractivity contribution < 1.29 is 14.8 Å². The second-order valence-electron chi connectivity index (χ2n) is 5.87. The normalized spacial score (nSPS) is 25.4. The van der Waals surface area contributed by atoms with Gasteiger partial charge in [-0.15, -0.1) is 0 Å². The second-order valence-corrected chi connectivity index (χ2v) is 5.87. The maximum Gasteiger partial charge on any atom is 0.552 e. The number of hydrogen-bond donors (Lipinski definition) is 3. The van der Waals surface area contributed by atoms with E-state index in [0.29, 0.717) is 11.7 Å². The van der Waals surface area contributed by atoms with Gasteiger partial charge in [0.05, 0.1) is 12.3 Å². The van der Waals surface area contributed by atoms with Crippen molar-refractivity contribution in [2.75, 3.05) is 0 Å². The Morgan fingerprint density at radius 1 is 1.29 bits per heavy atom. The van der Waals surface area contributed by atoms with Crippen LogP contribution in [0.2, 0.25) is 0 Å². The summed E-state index contributed by atoms with van der Waals surface area (Å²) in [4.78, 5) is 7.44. The van der Waals surface area contributed by atoms with Crippen molar-refractivity contribution in [2.24, 2.45) is 5.92 Å². The minimum Gasteiger partial charge on any atom is -0.531 e. The molecule has 4 rings (SSSR count). The number of fused-ring (bicyclic) bond motifs is 3. The summed E-state index contributed by atoms with van der Waals surface area (Å²) in [7, 11) is -0.919. The molecule has 0 saturated heterocycles. The Labute approximate surface area is 122 Å². The highest BCUT2D eigenvalue weighted by Crippen LogP contribution is 2.43. The molecule has 0 aromatic carbocycles. The smallest absolute Gasteiger partial charge is 0.531 e. The summed E-state index contributed by atoms with van der Waals surface area (Å²) in [5.41, 5.74) is 2.99. The van der Waals surface area contributed by atoms with Crippen LogP contribution in [0.25, 0.3) is 16.6 Å². The summed E-state index contributed by atoms with van der Waals surface area (Å²) in [6.45, 7) is 0. The molecular weight excluding hydrogens is 267 g/mol. The third-order valence-corrected chi connectivity index (χ3v) is 4.55. The molecule has 0 radical (unpaired) electrons. The maximum atomic E-state index is 9.95. The fourth-order valence-electron chi connectivity index (χ4n) is 3.50. The third kappa shape index (κ3) is 2.15. The average molecular weight is 284 g/mol. The van der Waals surface area contributed by atoms with Crippen molar-refractivity contribution in [3.8, 4) is 5.75 Å². The van der Waals surface area contributed by atoms with Gasteiger partial charge >= 0.3 is 7.12 Å². The molecule has 0 unspecified atom stereocenters. The lowest BCUT2D eigenvalue weighted by Gasteiger charge is -2.31. The standard InChI is InChI=1S/C15H17BN2O3/c19-10-3-1-9(2-4-10)12-7-16(20)21-13-8-18-15-11(14(12)13)5-6-17-15/h5-10,19-20H,1-4H2,(H,17,18). The van der Waals surface area contributed by atoms with Crippen molar-refractivity contribution in [3.05, 3.63) is 30.0 Å². The van der Waals surface area contributed by atoms with Gasteiger partial charge in [0.15, 0.2) is 0 Å². The van der Waals surface area contributed by atoms with Crippen LogP contribution in [0.4, 0.5) is 0 Å². The van der Waals surface area contributed by atoms with Crippen LogP contribution in [0.1, 0.15) is 31.2 Å². The highest BCUT2D eigenvalue weighted by Gasteiger charge is 2.32. The summed E-state index contributed by atoms with van der Waals surface area (Å²) in [5, 5.41) is 20.7. The topological polar surface area (TPSA) is 78.4 Å². The van der Waals surface area contributed by atoms with Crippen molar-refractivity contribution in [3.63, 3.8) is 0 Å². The number of aliphatic hydroxyl groups excluding tert-OH is 1. The van der Waals surface area contributed by atoms with Gasteiger partial charge in [-0.2, -0.15) is 0 Å². The number of aromatic nitrogens is 2. The first kappa shape index (κ1) is 12.9. The van der Waals surface area contributed by atoms with Gasteiger partial charge in [-0.1, -0.05) is 0 Å². The number of hydrogen-bond acceptors (Lipinski definition) is 4. The zero-order valence-corrected chi connectivity index (χ0v) is 11.6. The molecule has 21 heavy (non-hydrogen) atoms. The van der Waals surface area contributed by atoms with Crippen molar-refractivity contribution in [1.82, 2.24) is 9.97 Å². The largest absolute Gasteiger partial charge is 0.552 e. The molecule has 3 heterocycles. The van der Waals surface area contributed by atoms with Crippen LogP contribution in [-0.4, -0.2) is 33.3 Å². The van der Waals surface area contributed by atoms with Gasteiger partial charge in [0.2, 0.25) is 0 Å². The zero-order valence-electron chi connectivity index (χ0n) is 11.6. The average Bonchev–Trinajstić information content (AvgIpc) is 2.95. The first-order valence-electron chi connectivity index (χ1n) is 7.43. The van der Waals surface area contributed by atoms with Crippen molar-refractivity contribution in [1.29, 1.82) is 0 Å². The number of allylic oxidation sites excluding steroid dienone is 1. The van der Waals surface area contributed by atoms with E-state index in [-0.39, 0.29) is 6.10 Å². The van der Waals surface area contributed by atoms with E-state index in [9.17, 15) is 10.1 Å². The number of nitrogens with one attached hydrogen (secondary N) is 1. The summed E-state index contributed by atoms with van der Waals surface area (Å²) in [5.74, 6) is 2.79. The monoisotopic (exact) mass is 284 g/mol. The van der Waals surface area contributed by atoms with Gasteiger partial charge in [0, 0.05) is 17.1 Å². The van der Waals surface area contributed by atoms with Crippen LogP contribution in [-0.2, 0) is 0 Å². The molecule has 0 atom stereocenters. The SMILES string of the molecule is OB1C=C(C2CCC(O)CC2)c2c(cnc3[nH]ccc23)O1. The molecule has 5 nitrogen and oxygen atoms in total. The molecule has 2 aromatic heterocycles. The molecule has 0 amide bonds. The highest BCUT2D eigenvalue weighted by atomic mass is 16.5. The minimum atomic E-state index is -0.919. The lowest BCUT2D eigenvalue weighted by molar-refractivity contribution is 0.119.